The number of amides is 1. The molecule has 1 amide bonds. The van der Waals surface area contributed by atoms with Gasteiger partial charge in [-0.15, -0.1) is 0 Å². The number of piperidine rings is 1. The largest absolute Gasteiger partial charge is 0.619 e. The van der Waals surface area contributed by atoms with E-state index in [0.29, 0.717) is 10.8 Å². The van der Waals surface area contributed by atoms with Gasteiger partial charge < -0.3 is 15.1 Å². The fourth-order valence-electron chi connectivity index (χ4n) is 4.36. The molecule has 2 aromatic heterocycles. The van der Waals surface area contributed by atoms with Crippen molar-refractivity contribution in [3.05, 3.63) is 83.0 Å². The summed E-state index contributed by atoms with van der Waals surface area (Å²) in [7, 11) is 0. The van der Waals surface area contributed by atoms with Crippen molar-refractivity contribution in [2.75, 3.05) is 18.4 Å². The zero-order chi connectivity index (χ0) is 27.0. The Morgan fingerprint density at radius 3 is 2.65 bits per heavy atom. The van der Waals surface area contributed by atoms with E-state index in [1.54, 1.807) is 11.8 Å². The number of nitrogens with zero attached hydrogens (tertiary/aromatic N) is 4. The van der Waals surface area contributed by atoms with E-state index in [1.807, 2.05) is 0 Å². The number of carbonyl (C=O) groups is 1. The van der Waals surface area contributed by atoms with Gasteiger partial charge in [0.05, 0.1) is 23.9 Å². The molecule has 37 heavy (non-hydrogen) atoms. The summed E-state index contributed by atoms with van der Waals surface area (Å²) < 4.78 is 84.4. The standard InChI is InChI=1S/C24H23F6N5O2/c1-15(34-9-6-23(26,27)20(12-34)16-4-7-35(37)8-5-16)22(36)32-21-13-33(14-31-21)11-17-10-18(25)2-3-19(17)24(28,29)30/h2-5,7-8,10,13-15,20H,6,9,11-12H2,1H3,(H,32,36)/t15-,20+/m0/s1. The Balaban J connectivity index is 1.43. The third-order valence-electron chi connectivity index (χ3n) is 6.43. The summed E-state index contributed by atoms with van der Waals surface area (Å²) in [6, 6.07) is 4.01. The highest BCUT2D eigenvalue weighted by atomic mass is 19.4. The minimum Gasteiger partial charge on any atom is -0.619 e. The summed E-state index contributed by atoms with van der Waals surface area (Å²) in [5.74, 6) is -5.55. The molecule has 0 saturated carbocycles. The summed E-state index contributed by atoms with van der Waals surface area (Å²) in [4.78, 5) is 18.4. The van der Waals surface area contributed by atoms with E-state index in [1.165, 1.54) is 29.2 Å². The monoisotopic (exact) mass is 527 g/mol. The van der Waals surface area contributed by atoms with Crippen LogP contribution in [0.25, 0.3) is 0 Å². The van der Waals surface area contributed by atoms with Gasteiger partial charge in [-0.25, -0.2) is 18.2 Å². The second-order valence-corrected chi connectivity index (χ2v) is 8.95. The maximum atomic E-state index is 14.6. The molecule has 13 heteroatoms. The first-order chi connectivity index (χ1) is 17.3. The highest BCUT2D eigenvalue weighted by Gasteiger charge is 2.46. The second-order valence-electron chi connectivity index (χ2n) is 8.95. The Kier molecular flexibility index (Phi) is 7.18. The van der Waals surface area contributed by atoms with Crippen molar-refractivity contribution >= 4 is 11.7 Å². The first-order valence-corrected chi connectivity index (χ1v) is 11.3. The fraction of sp³-hybridized carbons (Fsp3) is 0.375. The van der Waals surface area contributed by atoms with Gasteiger partial charge in [0.15, 0.2) is 18.2 Å². The van der Waals surface area contributed by atoms with Crippen molar-refractivity contribution in [2.24, 2.45) is 0 Å². The number of hydrogen-bond donors (Lipinski definition) is 1. The molecule has 0 radical (unpaired) electrons. The lowest BCUT2D eigenvalue weighted by Crippen LogP contribution is -2.52. The van der Waals surface area contributed by atoms with Crippen LogP contribution in [-0.2, 0) is 17.5 Å². The molecule has 1 N–H and O–H groups in total. The van der Waals surface area contributed by atoms with E-state index < -0.39 is 47.8 Å². The zero-order valence-electron chi connectivity index (χ0n) is 19.6. The van der Waals surface area contributed by atoms with Gasteiger partial charge in [0.2, 0.25) is 5.91 Å². The predicted octanol–water partition coefficient (Wildman–Crippen LogP) is 4.17. The van der Waals surface area contributed by atoms with E-state index in [2.05, 4.69) is 10.3 Å². The van der Waals surface area contributed by atoms with Crippen LogP contribution in [0.3, 0.4) is 0 Å². The van der Waals surface area contributed by atoms with Crippen LogP contribution in [-0.4, -0.2) is 45.4 Å². The van der Waals surface area contributed by atoms with Crippen LogP contribution >= 0.6 is 0 Å². The summed E-state index contributed by atoms with van der Waals surface area (Å²) >= 11 is 0. The van der Waals surface area contributed by atoms with Gasteiger partial charge in [0, 0.05) is 44.4 Å². The summed E-state index contributed by atoms with van der Waals surface area (Å²) in [5, 5.41) is 13.8. The van der Waals surface area contributed by atoms with E-state index in [-0.39, 0.29) is 36.6 Å². The number of carbonyl (C=O) groups excluding carboxylic acids is 1. The number of aromatic nitrogens is 3. The zero-order valence-corrected chi connectivity index (χ0v) is 19.6. The average molecular weight is 527 g/mol. The maximum absolute atomic E-state index is 14.6. The summed E-state index contributed by atoms with van der Waals surface area (Å²) in [6.45, 7) is 1.04. The fourth-order valence-corrected chi connectivity index (χ4v) is 4.36. The Bertz CT molecular complexity index is 1260. The van der Waals surface area contributed by atoms with Gasteiger partial charge in [0.25, 0.3) is 5.92 Å². The van der Waals surface area contributed by atoms with Crippen molar-refractivity contribution in [1.29, 1.82) is 0 Å². The number of pyridine rings is 1. The second kappa shape index (κ2) is 10.0. The lowest BCUT2D eigenvalue weighted by molar-refractivity contribution is -0.605. The lowest BCUT2D eigenvalue weighted by Gasteiger charge is -2.40. The molecule has 198 valence electrons. The topological polar surface area (TPSA) is 77.1 Å². The molecule has 0 spiro atoms. The van der Waals surface area contributed by atoms with E-state index in [9.17, 15) is 36.3 Å². The molecular formula is C24H23F6N5O2. The van der Waals surface area contributed by atoms with Crippen molar-refractivity contribution in [3.8, 4) is 0 Å². The van der Waals surface area contributed by atoms with Crippen LogP contribution < -0.4 is 10.0 Å². The first kappa shape index (κ1) is 26.5. The quantitative estimate of drug-likeness (QED) is 0.297. The number of halogens is 6. The first-order valence-electron chi connectivity index (χ1n) is 11.3. The Morgan fingerprint density at radius 1 is 1.27 bits per heavy atom. The highest BCUT2D eigenvalue weighted by Crippen LogP contribution is 2.40. The molecule has 1 aliphatic heterocycles. The summed E-state index contributed by atoms with van der Waals surface area (Å²) in [6.07, 6.45) is -0.386. The van der Waals surface area contributed by atoms with Crippen molar-refractivity contribution in [2.45, 2.75) is 43.9 Å². The number of imidazole rings is 1. The predicted molar refractivity (Wildman–Crippen MR) is 120 cm³/mol. The van der Waals surface area contributed by atoms with Crippen LogP contribution in [0.5, 0.6) is 0 Å². The number of benzene rings is 1. The van der Waals surface area contributed by atoms with Crippen molar-refractivity contribution < 1.29 is 35.9 Å². The molecule has 1 aromatic carbocycles. The third-order valence-corrected chi connectivity index (χ3v) is 6.43. The van der Waals surface area contributed by atoms with Gasteiger partial charge in [-0.1, -0.05) is 0 Å². The molecule has 2 atom stereocenters. The molecule has 1 aliphatic rings. The maximum Gasteiger partial charge on any atom is 0.416 e. The third kappa shape index (κ3) is 6.04. The molecule has 3 aromatic rings. The van der Waals surface area contributed by atoms with E-state index >= 15 is 0 Å². The molecule has 1 fully saturated rings. The van der Waals surface area contributed by atoms with E-state index in [4.69, 9.17) is 0 Å². The number of rotatable bonds is 6. The highest BCUT2D eigenvalue weighted by molar-refractivity contribution is 5.93. The van der Waals surface area contributed by atoms with Crippen LogP contribution in [0.2, 0.25) is 0 Å². The van der Waals surface area contributed by atoms with Gasteiger partial charge in [0.1, 0.15) is 5.82 Å². The Labute approximate surface area is 207 Å². The Morgan fingerprint density at radius 2 is 1.97 bits per heavy atom. The number of anilines is 1. The van der Waals surface area contributed by atoms with Crippen LogP contribution in [0.4, 0.5) is 32.2 Å². The van der Waals surface area contributed by atoms with Crippen LogP contribution in [0, 0.1) is 11.0 Å². The molecule has 4 rings (SSSR count). The number of likely N-dealkylation sites (tertiary alicyclic amines) is 1. The van der Waals surface area contributed by atoms with Crippen molar-refractivity contribution in [1.82, 2.24) is 14.5 Å². The molecule has 1 saturated heterocycles. The number of nitrogens with one attached hydrogen (secondary N) is 1. The SMILES string of the molecule is C[C@@H](C(=O)Nc1cn(Cc2cc(F)ccc2C(F)(F)F)cn1)N1CCC(F)(F)[C@@H](c2cc[n+]([O-])cc2)C1. The average Bonchev–Trinajstić information content (AvgIpc) is 3.25. The smallest absolute Gasteiger partial charge is 0.416 e. The van der Waals surface area contributed by atoms with Gasteiger partial charge in [-0.3, -0.25) is 9.69 Å². The molecule has 0 unspecified atom stereocenters. The molecule has 7 nitrogen and oxygen atoms in total. The van der Waals surface area contributed by atoms with Gasteiger partial charge in [-0.2, -0.15) is 17.9 Å². The molecule has 0 aliphatic carbocycles. The van der Waals surface area contributed by atoms with Crippen LogP contribution in [0.15, 0.2) is 55.2 Å². The lowest BCUT2D eigenvalue weighted by atomic mass is 9.87. The minimum atomic E-state index is -4.67. The van der Waals surface area contributed by atoms with Crippen molar-refractivity contribution in [3.63, 3.8) is 0 Å². The molecule has 0 bridgehead atoms. The minimum absolute atomic E-state index is 0.0410. The van der Waals surface area contributed by atoms with E-state index in [0.717, 1.165) is 24.5 Å². The van der Waals surface area contributed by atoms with Crippen LogP contribution in [0.1, 0.15) is 36.0 Å². The molecule has 3 heterocycles. The summed E-state index contributed by atoms with van der Waals surface area (Å²) in [5.41, 5.74) is -1.01. The number of alkyl halides is 5. The van der Waals surface area contributed by atoms with Gasteiger partial charge >= 0.3 is 6.18 Å². The normalized spacial score (nSPS) is 18.9. The van der Waals surface area contributed by atoms with Gasteiger partial charge in [-0.05, 0) is 36.2 Å². The number of hydrogen-bond acceptors (Lipinski definition) is 4. The molecular weight excluding hydrogens is 504 g/mol. The Hall–Kier alpha value is -3.61.